The summed E-state index contributed by atoms with van der Waals surface area (Å²) >= 11 is 17.4. The maximum Gasteiger partial charge on any atom is 0.435 e. The van der Waals surface area contributed by atoms with Crippen molar-refractivity contribution in [3.8, 4) is 0 Å². The largest absolute Gasteiger partial charge is 0.435 e. The Morgan fingerprint density at radius 3 is 2.28 bits per heavy atom. The number of carbonyl (C=O) groups excluding carboxylic acids is 1. The fourth-order valence-electron chi connectivity index (χ4n) is 3.82. The van der Waals surface area contributed by atoms with E-state index < -0.39 is 67.4 Å². The van der Waals surface area contributed by atoms with Gasteiger partial charge in [0.1, 0.15) is 0 Å². The summed E-state index contributed by atoms with van der Waals surface area (Å²) in [5.41, 5.74) is -3.70. The molecule has 0 aliphatic carbocycles. The summed E-state index contributed by atoms with van der Waals surface area (Å²) in [6, 6.07) is 4.47. The SMILES string of the molecule is O=C(NC1CN(S(=O)(=O)C(F)F)C1)c1cc(NC2=NOC(c3cc(Cl)c(F)c(Cl)c3)(C(F)(F)F)C2)ccc1Cl. The average molecular weight is 640 g/mol. The number of carbonyl (C=O) groups is 1. The number of benzene rings is 2. The molecule has 1 saturated heterocycles. The van der Waals surface area contributed by atoms with Gasteiger partial charge in [-0.1, -0.05) is 40.0 Å². The van der Waals surface area contributed by atoms with Crippen molar-refractivity contribution >= 4 is 62.3 Å². The highest BCUT2D eigenvalue weighted by atomic mass is 35.5. The van der Waals surface area contributed by atoms with Crippen molar-refractivity contribution < 1.29 is 44.4 Å². The van der Waals surface area contributed by atoms with Crippen LogP contribution in [0.3, 0.4) is 0 Å². The Morgan fingerprint density at radius 2 is 1.72 bits per heavy atom. The number of rotatable bonds is 6. The highest BCUT2D eigenvalue weighted by Crippen LogP contribution is 2.49. The molecule has 0 bridgehead atoms. The van der Waals surface area contributed by atoms with Crippen molar-refractivity contribution in [2.24, 2.45) is 5.16 Å². The monoisotopic (exact) mass is 638 g/mol. The van der Waals surface area contributed by atoms with Crippen LogP contribution < -0.4 is 10.6 Å². The van der Waals surface area contributed by atoms with Gasteiger partial charge in [-0.25, -0.2) is 12.8 Å². The number of amides is 1. The highest BCUT2D eigenvalue weighted by Gasteiger charge is 2.62. The van der Waals surface area contributed by atoms with E-state index in [0.717, 1.165) is 12.1 Å². The van der Waals surface area contributed by atoms with E-state index in [-0.39, 0.29) is 35.2 Å². The second-order valence-electron chi connectivity index (χ2n) is 8.50. The fourth-order valence-corrected chi connectivity index (χ4v) is 5.51. The van der Waals surface area contributed by atoms with Gasteiger partial charge in [0, 0.05) is 24.3 Å². The predicted molar refractivity (Wildman–Crippen MR) is 130 cm³/mol. The van der Waals surface area contributed by atoms with Crippen molar-refractivity contribution in [2.75, 3.05) is 18.4 Å². The molecule has 1 amide bonds. The normalized spacial score (nSPS) is 20.4. The summed E-state index contributed by atoms with van der Waals surface area (Å²) in [6.07, 6.45) is -5.93. The van der Waals surface area contributed by atoms with Crippen LogP contribution in [0.15, 0.2) is 35.5 Å². The lowest BCUT2D eigenvalue weighted by Gasteiger charge is -2.37. The van der Waals surface area contributed by atoms with Crippen LogP contribution in [0.25, 0.3) is 0 Å². The third-order valence-corrected chi connectivity index (χ3v) is 8.25. The summed E-state index contributed by atoms with van der Waals surface area (Å²) in [5.74, 6) is -5.80. The third kappa shape index (κ3) is 5.59. The van der Waals surface area contributed by atoms with Crippen LogP contribution in [0.2, 0.25) is 15.1 Å². The van der Waals surface area contributed by atoms with Crippen LogP contribution in [0.5, 0.6) is 0 Å². The molecule has 4 rings (SSSR count). The van der Waals surface area contributed by atoms with Gasteiger partial charge >= 0.3 is 11.9 Å². The van der Waals surface area contributed by atoms with E-state index in [9.17, 15) is 39.6 Å². The minimum atomic E-state index is -5.04. The molecule has 0 spiro atoms. The van der Waals surface area contributed by atoms with E-state index in [0.29, 0.717) is 4.31 Å². The van der Waals surface area contributed by atoms with Crippen molar-refractivity contribution in [3.05, 3.63) is 62.3 Å². The lowest BCUT2D eigenvalue weighted by molar-refractivity contribution is -0.275. The number of hydrogen-bond acceptors (Lipinski definition) is 6. The first-order valence-corrected chi connectivity index (χ1v) is 13.3. The van der Waals surface area contributed by atoms with E-state index >= 15 is 0 Å². The van der Waals surface area contributed by atoms with Crippen molar-refractivity contribution in [1.82, 2.24) is 9.62 Å². The van der Waals surface area contributed by atoms with Gasteiger partial charge in [-0.15, -0.1) is 0 Å². The van der Waals surface area contributed by atoms with Crippen molar-refractivity contribution in [1.29, 1.82) is 0 Å². The van der Waals surface area contributed by atoms with Gasteiger partial charge in [-0.05, 0) is 30.3 Å². The van der Waals surface area contributed by atoms with Gasteiger partial charge in [0.05, 0.1) is 33.1 Å². The number of alkyl halides is 5. The van der Waals surface area contributed by atoms with Crippen LogP contribution in [-0.4, -0.2) is 55.5 Å². The Morgan fingerprint density at radius 1 is 1.10 bits per heavy atom. The minimum Gasteiger partial charge on any atom is -0.372 e. The molecular formula is C21H15Cl3F6N4O4S. The molecule has 1 fully saturated rings. The smallest absolute Gasteiger partial charge is 0.372 e. The molecule has 1 atom stereocenters. The lowest BCUT2D eigenvalue weighted by Crippen LogP contribution is -2.61. The Kier molecular flexibility index (Phi) is 7.95. The van der Waals surface area contributed by atoms with Gasteiger partial charge in [0.2, 0.25) is 0 Å². The summed E-state index contributed by atoms with van der Waals surface area (Å²) < 4.78 is 105. The number of halogens is 9. The molecule has 39 heavy (non-hydrogen) atoms. The minimum absolute atomic E-state index is 0.0562. The fraction of sp³-hybridized carbons (Fsp3) is 0.333. The lowest BCUT2D eigenvalue weighted by atomic mass is 9.89. The maximum absolute atomic E-state index is 14.1. The molecule has 0 radical (unpaired) electrons. The van der Waals surface area contributed by atoms with E-state index in [4.69, 9.17) is 39.6 Å². The molecule has 2 heterocycles. The summed E-state index contributed by atoms with van der Waals surface area (Å²) in [5, 5.41) is 7.15. The molecule has 18 heteroatoms. The van der Waals surface area contributed by atoms with E-state index in [1.54, 1.807) is 0 Å². The molecule has 2 aromatic rings. The molecule has 1 unspecified atom stereocenters. The van der Waals surface area contributed by atoms with Crippen molar-refractivity contribution in [3.63, 3.8) is 0 Å². The van der Waals surface area contributed by atoms with Gasteiger partial charge < -0.3 is 15.5 Å². The molecular weight excluding hydrogens is 625 g/mol. The van der Waals surface area contributed by atoms with Crippen LogP contribution in [0.1, 0.15) is 22.3 Å². The van der Waals surface area contributed by atoms with Gasteiger partial charge in [0.25, 0.3) is 21.5 Å². The second-order valence-corrected chi connectivity index (χ2v) is 11.6. The predicted octanol–water partition coefficient (Wildman–Crippen LogP) is 5.36. The van der Waals surface area contributed by atoms with Gasteiger partial charge in [-0.2, -0.15) is 26.3 Å². The number of nitrogens with one attached hydrogen (secondary N) is 2. The summed E-state index contributed by atoms with van der Waals surface area (Å²) in [6.45, 7) is -0.752. The molecule has 2 aliphatic heterocycles. The first-order valence-electron chi connectivity index (χ1n) is 10.7. The molecule has 8 nitrogen and oxygen atoms in total. The van der Waals surface area contributed by atoms with Gasteiger partial charge in [0.15, 0.2) is 11.7 Å². The zero-order chi connectivity index (χ0) is 28.9. The molecule has 0 saturated carbocycles. The molecule has 0 aromatic heterocycles. The Hall–Kier alpha value is -2.46. The topological polar surface area (TPSA) is 100 Å². The van der Waals surface area contributed by atoms with E-state index in [1.807, 2.05) is 0 Å². The zero-order valence-electron chi connectivity index (χ0n) is 19.0. The standard InChI is InChI=1S/C21H15Cl3F6N4O4S/c22-13-2-1-10(5-12(13)18(35)32-11-7-34(8-11)39(36,37)19(26)27)31-16-6-20(38-33-16,21(28,29)30)9-3-14(23)17(25)15(24)4-9/h1-5,11,19H,6-8H2,(H,31,33)(H,32,35). The number of nitrogens with zero attached hydrogens (tertiary/aromatic N) is 2. The Balaban J connectivity index is 1.48. The number of oxime groups is 1. The Bertz CT molecular complexity index is 1430. The van der Waals surface area contributed by atoms with Crippen LogP contribution in [0, 0.1) is 5.82 Å². The number of hydrogen-bond donors (Lipinski definition) is 2. The number of sulfonamides is 1. The summed E-state index contributed by atoms with van der Waals surface area (Å²) in [4.78, 5) is 17.5. The third-order valence-electron chi connectivity index (χ3n) is 5.90. The molecule has 212 valence electrons. The Labute approximate surface area is 231 Å². The van der Waals surface area contributed by atoms with Crippen LogP contribution in [-0.2, 0) is 20.5 Å². The van der Waals surface area contributed by atoms with E-state index in [1.165, 1.54) is 18.2 Å². The highest BCUT2D eigenvalue weighted by molar-refractivity contribution is 7.89. The van der Waals surface area contributed by atoms with Crippen LogP contribution >= 0.6 is 34.8 Å². The zero-order valence-corrected chi connectivity index (χ0v) is 22.1. The number of anilines is 1. The average Bonchev–Trinajstić information content (AvgIpc) is 3.25. The number of amidine groups is 1. The quantitative estimate of drug-likeness (QED) is 0.328. The first-order chi connectivity index (χ1) is 18.0. The summed E-state index contributed by atoms with van der Waals surface area (Å²) in [7, 11) is -4.77. The van der Waals surface area contributed by atoms with Crippen LogP contribution in [0.4, 0.5) is 32.0 Å². The molecule has 2 aliphatic rings. The first kappa shape index (κ1) is 29.5. The van der Waals surface area contributed by atoms with E-state index in [2.05, 4.69) is 15.8 Å². The van der Waals surface area contributed by atoms with Gasteiger partial charge in [-0.3, -0.25) is 4.79 Å². The second kappa shape index (κ2) is 10.5. The maximum atomic E-state index is 14.1. The molecule has 2 N–H and O–H groups in total. The van der Waals surface area contributed by atoms with Crippen molar-refractivity contribution in [2.45, 2.75) is 30.0 Å². The molecule has 2 aromatic carbocycles.